The third-order valence-corrected chi connectivity index (χ3v) is 4.91. The van der Waals surface area contributed by atoms with Gasteiger partial charge in [0.25, 0.3) is 0 Å². The number of nitrogens with zero attached hydrogens (tertiary/aromatic N) is 2. The highest BCUT2D eigenvalue weighted by atomic mass is 16.3. The predicted octanol–water partition coefficient (Wildman–Crippen LogP) is 3.25. The maximum absolute atomic E-state index is 10.6. The number of anilines is 1. The largest absolute Gasteiger partial charge is 0.507 e. The standard InChI is InChI=1S/C22H28N2O2/c1-13(2)21(26)19-18(25)11-8-16-12-24(17-9-6-15(5)7-10-17)22(14(3)4)23-20(16)19/h6-14,21-22,25-26H,1-5H3. The molecule has 4 heteroatoms. The molecule has 0 aromatic heterocycles. The van der Waals surface area contributed by atoms with Gasteiger partial charge in [0.1, 0.15) is 11.9 Å². The molecule has 0 radical (unpaired) electrons. The van der Waals surface area contributed by atoms with Gasteiger partial charge in [0, 0.05) is 22.7 Å². The number of phenols is 1. The summed E-state index contributed by atoms with van der Waals surface area (Å²) >= 11 is 0. The van der Waals surface area contributed by atoms with Gasteiger partial charge in [0.2, 0.25) is 0 Å². The first-order valence-electron chi connectivity index (χ1n) is 9.24. The van der Waals surface area contributed by atoms with Gasteiger partial charge in [-0.1, -0.05) is 45.4 Å². The number of rotatable bonds is 4. The molecule has 2 aromatic rings. The van der Waals surface area contributed by atoms with Crippen LogP contribution in [0.4, 0.5) is 5.69 Å². The third-order valence-electron chi connectivity index (χ3n) is 4.91. The molecule has 0 saturated heterocycles. The molecule has 1 heterocycles. The van der Waals surface area contributed by atoms with Gasteiger partial charge in [-0.05, 0) is 43.0 Å². The second-order valence-electron chi connectivity index (χ2n) is 7.78. The Morgan fingerprint density at radius 1 is 1.00 bits per heavy atom. The van der Waals surface area contributed by atoms with Gasteiger partial charge >= 0.3 is 0 Å². The molecule has 4 nitrogen and oxygen atoms in total. The zero-order valence-electron chi connectivity index (χ0n) is 16.1. The Labute approximate surface area is 155 Å². The number of aryl methyl sites for hydroxylation is 1. The van der Waals surface area contributed by atoms with E-state index in [2.05, 4.69) is 56.1 Å². The third kappa shape index (κ3) is 3.34. The second kappa shape index (κ2) is 7.12. The van der Waals surface area contributed by atoms with Crippen molar-refractivity contribution in [2.75, 3.05) is 4.90 Å². The van der Waals surface area contributed by atoms with E-state index in [1.54, 1.807) is 6.07 Å². The minimum atomic E-state index is -0.749. The summed E-state index contributed by atoms with van der Waals surface area (Å²) < 4.78 is 0. The summed E-state index contributed by atoms with van der Waals surface area (Å²) in [5.74, 6) is 0.371. The highest BCUT2D eigenvalue weighted by molar-refractivity contribution is 5.61. The number of hydrogen-bond donors (Lipinski definition) is 2. The number of aromatic hydroxyl groups is 1. The smallest absolute Gasteiger partial charge is 0.128 e. The monoisotopic (exact) mass is 352 g/mol. The molecule has 26 heavy (non-hydrogen) atoms. The number of benzene rings is 2. The molecule has 0 saturated carbocycles. The van der Waals surface area contributed by atoms with Crippen LogP contribution in [0.25, 0.3) is 6.20 Å². The second-order valence-corrected chi connectivity index (χ2v) is 7.78. The first-order chi connectivity index (χ1) is 12.3. The zero-order valence-corrected chi connectivity index (χ0v) is 16.1. The van der Waals surface area contributed by atoms with Gasteiger partial charge in [-0.15, -0.1) is 0 Å². The Hall–Kier alpha value is -2.33. The van der Waals surface area contributed by atoms with E-state index in [9.17, 15) is 10.2 Å². The van der Waals surface area contributed by atoms with E-state index in [1.165, 1.54) is 5.56 Å². The zero-order chi connectivity index (χ0) is 19.0. The number of fused-ring (bicyclic) bond motifs is 1. The molecular formula is C22H28N2O2. The normalized spacial score (nSPS) is 17.7. The number of aliphatic hydroxyl groups is 1. The summed E-state index contributed by atoms with van der Waals surface area (Å²) in [6.45, 7) is 10.2. The van der Waals surface area contributed by atoms with E-state index < -0.39 is 6.10 Å². The van der Waals surface area contributed by atoms with Crippen LogP contribution in [-0.4, -0.2) is 16.4 Å². The molecule has 0 amide bonds. The minimum Gasteiger partial charge on any atom is -0.507 e. The van der Waals surface area contributed by atoms with Gasteiger partial charge in [-0.2, -0.15) is 0 Å². The molecule has 2 aromatic carbocycles. The van der Waals surface area contributed by atoms with Crippen LogP contribution in [0.2, 0.25) is 0 Å². The van der Waals surface area contributed by atoms with E-state index in [0.29, 0.717) is 10.9 Å². The number of hydrogen-bond acceptors (Lipinski definition) is 4. The van der Waals surface area contributed by atoms with Crippen LogP contribution in [0, 0.1) is 18.8 Å². The SMILES string of the molecule is Cc1ccc(N2C=c3ccc(O)c(C(O)C(C)C)c3=NC2C(C)C)cc1. The Kier molecular flexibility index (Phi) is 5.05. The molecule has 3 rings (SSSR count). The quantitative estimate of drug-likeness (QED) is 0.888. The molecule has 138 valence electrons. The highest BCUT2D eigenvalue weighted by Crippen LogP contribution is 2.28. The van der Waals surface area contributed by atoms with Gasteiger partial charge < -0.3 is 15.1 Å². The van der Waals surface area contributed by atoms with Crippen LogP contribution >= 0.6 is 0 Å². The van der Waals surface area contributed by atoms with E-state index in [1.807, 2.05) is 19.9 Å². The predicted molar refractivity (Wildman–Crippen MR) is 105 cm³/mol. The summed E-state index contributed by atoms with van der Waals surface area (Å²) in [5, 5.41) is 22.6. The van der Waals surface area contributed by atoms with Crippen LogP contribution in [0.3, 0.4) is 0 Å². The van der Waals surface area contributed by atoms with Crippen LogP contribution in [-0.2, 0) is 0 Å². The molecule has 0 bridgehead atoms. The summed E-state index contributed by atoms with van der Waals surface area (Å²) in [6, 6.07) is 11.9. The van der Waals surface area contributed by atoms with Crippen molar-refractivity contribution < 1.29 is 10.2 Å². The lowest BCUT2D eigenvalue weighted by Gasteiger charge is -2.33. The molecule has 0 aliphatic carbocycles. The summed E-state index contributed by atoms with van der Waals surface area (Å²) in [4.78, 5) is 7.14. The topological polar surface area (TPSA) is 56.1 Å². The molecule has 1 aliphatic heterocycles. The van der Waals surface area contributed by atoms with Crippen molar-refractivity contribution in [1.82, 2.24) is 0 Å². The van der Waals surface area contributed by atoms with Crippen LogP contribution in [0.5, 0.6) is 5.75 Å². The van der Waals surface area contributed by atoms with Gasteiger partial charge in [-0.3, -0.25) is 4.99 Å². The Balaban J connectivity index is 2.22. The van der Waals surface area contributed by atoms with E-state index in [4.69, 9.17) is 4.99 Å². The van der Waals surface area contributed by atoms with Gasteiger partial charge in [-0.25, -0.2) is 0 Å². The maximum Gasteiger partial charge on any atom is 0.128 e. The minimum absolute atomic E-state index is 0.00442. The van der Waals surface area contributed by atoms with E-state index in [-0.39, 0.29) is 23.8 Å². The van der Waals surface area contributed by atoms with E-state index >= 15 is 0 Å². The van der Waals surface area contributed by atoms with Crippen LogP contribution < -0.4 is 15.5 Å². The fourth-order valence-electron chi connectivity index (χ4n) is 3.32. The molecule has 0 fully saturated rings. The van der Waals surface area contributed by atoms with Crippen molar-refractivity contribution >= 4 is 11.9 Å². The Morgan fingerprint density at radius 3 is 2.23 bits per heavy atom. The molecule has 0 spiro atoms. The lowest BCUT2D eigenvalue weighted by atomic mass is 9.96. The van der Waals surface area contributed by atoms with Crippen molar-refractivity contribution in [2.24, 2.45) is 16.8 Å². The first-order valence-corrected chi connectivity index (χ1v) is 9.24. The molecule has 1 aliphatic rings. The molecule has 2 N–H and O–H groups in total. The lowest BCUT2D eigenvalue weighted by Crippen LogP contribution is -2.46. The Bertz CT molecular complexity index is 901. The van der Waals surface area contributed by atoms with Crippen molar-refractivity contribution in [1.29, 1.82) is 0 Å². The van der Waals surface area contributed by atoms with Crippen molar-refractivity contribution in [3.8, 4) is 5.75 Å². The summed E-state index contributed by atoms with van der Waals surface area (Å²) in [5.41, 5.74) is 2.84. The average molecular weight is 352 g/mol. The van der Waals surface area contributed by atoms with Gasteiger partial charge in [0.05, 0.1) is 11.5 Å². The fourth-order valence-corrected chi connectivity index (χ4v) is 3.32. The Morgan fingerprint density at radius 2 is 1.65 bits per heavy atom. The van der Waals surface area contributed by atoms with Crippen molar-refractivity contribution in [3.63, 3.8) is 0 Å². The molecule has 2 atom stereocenters. The van der Waals surface area contributed by atoms with Crippen LogP contribution in [0.1, 0.15) is 44.9 Å². The number of aliphatic hydroxyl groups excluding tert-OH is 1. The van der Waals surface area contributed by atoms with Gasteiger partial charge in [0.15, 0.2) is 0 Å². The van der Waals surface area contributed by atoms with Crippen molar-refractivity contribution in [3.05, 3.63) is 58.1 Å². The van der Waals surface area contributed by atoms with Crippen molar-refractivity contribution in [2.45, 2.75) is 46.9 Å². The highest BCUT2D eigenvalue weighted by Gasteiger charge is 2.26. The lowest BCUT2D eigenvalue weighted by molar-refractivity contribution is 0.122. The van der Waals surface area contributed by atoms with Crippen LogP contribution in [0.15, 0.2) is 41.4 Å². The maximum atomic E-state index is 10.6. The average Bonchev–Trinajstić information content (AvgIpc) is 2.60. The number of phenolic OH excluding ortho intramolecular Hbond substituents is 1. The fraction of sp³-hybridized carbons (Fsp3) is 0.409. The molecular weight excluding hydrogens is 324 g/mol. The summed E-state index contributed by atoms with van der Waals surface area (Å²) in [7, 11) is 0. The summed E-state index contributed by atoms with van der Waals surface area (Å²) in [6.07, 6.45) is 1.24. The van der Waals surface area contributed by atoms with E-state index in [0.717, 1.165) is 10.9 Å². The molecule has 2 unspecified atom stereocenters. The first kappa shape index (κ1) is 18.5.